The van der Waals surface area contributed by atoms with Gasteiger partial charge in [-0.05, 0) is 100 Å². The van der Waals surface area contributed by atoms with Crippen molar-refractivity contribution in [1.29, 1.82) is 0 Å². The van der Waals surface area contributed by atoms with Crippen LogP contribution in [-0.4, -0.2) is 30.0 Å². The Morgan fingerprint density at radius 3 is 1.26 bits per heavy atom. The first-order chi connectivity index (χ1) is 16.9. The average Bonchev–Trinajstić information content (AvgIpc) is 3.36. The molecule has 0 spiro atoms. The molecule has 6 heteroatoms. The number of benzene rings is 1. The molecule has 0 saturated heterocycles. The van der Waals surface area contributed by atoms with Crippen LogP contribution in [0, 0.1) is 0 Å². The van der Waals surface area contributed by atoms with E-state index < -0.39 is 0 Å². The Morgan fingerprint density at radius 2 is 0.824 bits per heavy atom. The Hall–Kier alpha value is -2.50. The quantitative estimate of drug-likeness (QED) is 0.485. The van der Waals surface area contributed by atoms with Gasteiger partial charge in [-0.3, -0.25) is 0 Å². The molecule has 180 valence electrons. The molecule has 0 amide bonds. The lowest BCUT2D eigenvalue weighted by atomic mass is 9.92. The van der Waals surface area contributed by atoms with E-state index in [1.165, 1.54) is 111 Å². The summed E-state index contributed by atoms with van der Waals surface area (Å²) in [4.78, 5) is 0. The summed E-state index contributed by atoms with van der Waals surface area (Å²) in [5, 5.41) is 18.9. The van der Waals surface area contributed by atoms with E-state index in [1.54, 1.807) is 0 Å². The summed E-state index contributed by atoms with van der Waals surface area (Å²) in [7, 11) is 0. The molecule has 0 unspecified atom stereocenters. The molecule has 0 fully saturated rings. The molecule has 0 saturated carbocycles. The van der Waals surface area contributed by atoms with E-state index in [9.17, 15) is 0 Å². The van der Waals surface area contributed by atoms with Gasteiger partial charge in [-0.1, -0.05) is 49.0 Å². The van der Waals surface area contributed by atoms with Crippen molar-refractivity contribution in [2.45, 2.75) is 116 Å². The number of hydrogen-bond acceptors (Lipinski definition) is 4. The van der Waals surface area contributed by atoms with Crippen LogP contribution in [0.2, 0.25) is 0 Å². The first-order valence-corrected chi connectivity index (χ1v) is 13.9. The Kier molecular flexibility index (Phi) is 6.47. The summed E-state index contributed by atoms with van der Waals surface area (Å²) in [6.07, 6.45) is 21.9. The molecular formula is C28H38N6. The topological polar surface area (TPSA) is 61.4 Å². The first-order valence-electron chi connectivity index (χ1n) is 13.9. The Labute approximate surface area is 203 Å². The van der Waals surface area contributed by atoms with Gasteiger partial charge in [-0.25, -0.2) is 9.36 Å². The minimum absolute atomic E-state index is 1.05. The highest BCUT2D eigenvalue weighted by molar-refractivity contribution is 5.58. The molecule has 6 rings (SSSR count). The van der Waals surface area contributed by atoms with Crippen LogP contribution < -0.4 is 0 Å². The summed E-state index contributed by atoms with van der Waals surface area (Å²) in [5.41, 5.74) is 10.3. The molecule has 34 heavy (non-hydrogen) atoms. The number of aryl methyl sites for hydroxylation is 4. The second kappa shape index (κ2) is 10.0. The van der Waals surface area contributed by atoms with Crippen molar-refractivity contribution >= 4 is 0 Å². The number of rotatable bonds is 2. The zero-order valence-corrected chi connectivity index (χ0v) is 20.6. The van der Waals surface area contributed by atoms with Crippen LogP contribution in [0.1, 0.15) is 111 Å². The summed E-state index contributed by atoms with van der Waals surface area (Å²) >= 11 is 0. The van der Waals surface area contributed by atoms with Crippen LogP contribution in [0.25, 0.3) is 11.4 Å². The minimum atomic E-state index is 1.05. The van der Waals surface area contributed by atoms with Gasteiger partial charge in [-0.15, -0.1) is 10.2 Å². The number of hydrogen-bond donors (Lipinski definition) is 0. The smallest absolute Gasteiger partial charge is 0.0927 e. The van der Waals surface area contributed by atoms with Gasteiger partial charge < -0.3 is 0 Å². The fraction of sp³-hybridized carbons (Fsp3) is 0.643. The zero-order chi connectivity index (χ0) is 22.7. The van der Waals surface area contributed by atoms with Crippen LogP contribution in [0.15, 0.2) is 12.1 Å². The third-order valence-electron chi connectivity index (χ3n) is 8.24. The van der Waals surface area contributed by atoms with E-state index in [2.05, 4.69) is 31.7 Å². The Morgan fingerprint density at radius 1 is 0.441 bits per heavy atom. The van der Waals surface area contributed by atoms with Gasteiger partial charge in [-0.2, -0.15) is 0 Å². The van der Waals surface area contributed by atoms with Crippen LogP contribution in [-0.2, 0) is 38.5 Å². The first kappa shape index (κ1) is 22.0. The second-order valence-corrected chi connectivity index (χ2v) is 10.6. The van der Waals surface area contributed by atoms with Crippen molar-refractivity contribution in [3.63, 3.8) is 0 Å². The SMILES string of the molecule is c1c2c(cc(-n3nnc4c3CCCCCC4)c1-n1nnc3c1CCCCCC3)CCCCCC2. The minimum Gasteiger partial charge on any atom is -0.215 e. The van der Waals surface area contributed by atoms with E-state index in [-0.39, 0.29) is 0 Å². The standard InChI is InChI=1S/C28H38N6/c1-2-8-14-22-20-28(34-26-18-12-6-4-10-16-24(26)30-32-34)27(19-21(22)13-7-1)33-25-17-11-5-3-9-15-23(25)29-31-33/h19-20H,1-18H2. The molecule has 0 radical (unpaired) electrons. The number of aromatic nitrogens is 6. The summed E-state index contributed by atoms with van der Waals surface area (Å²) < 4.78 is 4.35. The van der Waals surface area contributed by atoms with Gasteiger partial charge in [0, 0.05) is 0 Å². The lowest BCUT2D eigenvalue weighted by Gasteiger charge is -2.21. The van der Waals surface area contributed by atoms with E-state index in [1.807, 2.05) is 0 Å². The van der Waals surface area contributed by atoms with Crippen LogP contribution >= 0.6 is 0 Å². The van der Waals surface area contributed by atoms with Gasteiger partial charge >= 0.3 is 0 Å². The fourth-order valence-corrected chi connectivity index (χ4v) is 6.27. The van der Waals surface area contributed by atoms with Crippen molar-refractivity contribution in [1.82, 2.24) is 30.0 Å². The molecule has 0 aliphatic heterocycles. The maximum absolute atomic E-state index is 4.76. The third-order valence-corrected chi connectivity index (χ3v) is 8.24. The molecule has 0 N–H and O–H groups in total. The Bertz CT molecular complexity index is 1050. The predicted octanol–water partition coefficient (Wildman–Crippen LogP) is 5.83. The molecule has 0 atom stereocenters. The van der Waals surface area contributed by atoms with E-state index >= 15 is 0 Å². The molecule has 6 nitrogen and oxygen atoms in total. The second-order valence-electron chi connectivity index (χ2n) is 10.6. The van der Waals surface area contributed by atoms with Crippen molar-refractivity contribution < 1.29 is 0 Å². The fourth-order valence-electron chi connectivity index (χ4n) is 6.27. The number of fused-ring (bicyclic) bond motifs is 3. The maximum atomic E-state index is 4.76. The highest BCUT2D eigenvalue weighted by atomic mass is 15.5. The maximum Gasteiger partial charge on any atom is 0.0927 e. The molecular weight excluding hydrogens is 420 g/mol. The number of nitrogens with zero attached hydrogens (tertiary/aromatic N) is 6. The van der Waals surface area contributed by atoms with Crippen LogP contribution in [0.3, 0.4) is 0 Å². The largest absolute Gasteiger partial charge is 0.215 e. The Balaban J connectivity index is 1.52. The summed E-state index contributed by atoms with van der Waals surface area (Å²) in [6.45, 7) is 0. The molecule has 2 aromatic heterocycles. The highest BCUT2D eigenvalue weighted by Gasteiger charge is 2.24. The normalized spacial score (nSPS) is 19.4. The monoisotopic (exact) mass is 458 g/mol. The summed E-state index contributed by atoms with van der Waals surface area (Å²) in [5.74, 6) is 0. The molecule has 0 bridgehead atoms. The molecule has 1 aromatic carbocycles. The lowest BCUT2D eigenvalue weighted by Crippen LogP contribution is -2.14. The van der Waals surface area contributed by atoms with E-state index in [4.69, 9.17) is 10.4 Å². The lowest BCUT2D eigenvalue weighted by molar-refractivity contribution is 0.596. The highest BCUT2D eigenvalue weighted by Crippen LogP contribution is 2.32. The van der Waals surface area contributed by atoms with Crippen LogP contribution in [0.4, 0.5) is 0 Å². The van der Waals surface area contributed by atoms with E-state index in [0.717, 1.165) is 49.9 Å². The van der Waals surface area contributed by atoms with Crippen molar-refractivity contribution in [2.75, 3.05) is 0 Å². The van der Waals surface area contributed by atoms with Gasteiger partial charge in [0.15, 0.2) is 0 Å². The van der Waals surface area contributed by atoms with Crippen molar-refractivity contribution in [2.24, 2.45) is 0 Å². The third kappa shape index (κ3) is 4.32. The van der Waals surface area contributed by atoms with E-state index in [0.29, 0.717) is 0 Å². The average molecular weight is 459 g/mol. The van der Waals surface area contributed by atoms with Crippen LogP contribution in [0.5, 0.6) is 0 Å². The van der Waals surface area contributed by atoms with Gasteiger partial charge in [0.25, 0.3) is 0 Å². The molecule has 3 aliphatic carbocycles. The molecule has 3 aromatic rings. The van der Waals surface area contributed by atoms with Crippen molar-refractivity contribution in [3.8, 4) is 11.4 Å². The van der Waals surface area contributed by atoms with Crippen molar-refractivity contribution in [3.05, 3.63) is 46.0 Å². The molecule has 2 heterocycles. The zero-order valence-electron chi connectivity index (χ0n) is 20.6. The predicted molar refractivity (Wildman–Crippen MR) is 134 cm³/mol. The molecule has 3 aliphatic rings. The summed E-state index contributed by atoms with van der Waals surface area (Å²) in [6, 6.07) is 4.86. The van der Waals surface area contributed by atoms with Gasteiger partial charge in [0.1, 0.15) is 0 Å². The van der Waals surface area contributed by atoms with Gasteiger partial charge in [0.05, 0.1) is 34.2 Å². The van der Waals surface area contributed by atoms with Gasteiger partial charge in [0.2, 0.25) is 0 Å².